The Hall–Kier alpha value is -1.36. The van der Waals surface area contributed by atoms with Crippen molar-refractivity contribution in [1.82, 2.24) is 10.4 Å². The predicted octanol–water partition coefficient (Wildman–Crippen LogP) is 1.89. The highest BCUT2D eigenvalue weighted by atomic mass is 32.2. The van der Waals surface area contributed by atoms with E-state index in [0.29, 0.717) is 6.04 Å². The van der Waals surface area contributed by atoms with Gasteiger partial charge in [-0.2, -0.15) is 5.10 Å². The lowest BCUT2D eigenvalue weighted by atomic mass is 10.3. The Morgan fingerprint density at radius 1 is 1.56 bits per heavy atom. The number of nitrogens with zero attached hydrogens (tertiary/aromatic N) is 3. The topological polar surface area (TPSA) is 49.6 Å². The van der Waals surface area contributed by atoms with E-state index in [2.05, 4.69) is 27.4 Å². The van der Waals surface area contributed by atoms with Gasteiger partial charge in [0, 0.05) is 11.9 Å². The maximum absolute atomic E-state index is 4.40. The minimum Gasteiger partial charge on any atom is -0.257 e. The van der Waals surface area contributed by atoms with Crippen LogP contribution in [0.1, 0.15) is 19.5 Å². The second-order valence-corrected chi connectivity index (χ2v) is 4.63. The summed E-state index contributed by atoms with van der Waals surface area (Å²) in [5.41, 5.74) is 4.72. The smallest absolute Gasteiger partial charge is 0.177 e. The van der Waals surface area contributed by atoms with Crippen molar-refractivity contribution in [3.8, 4) is 0 Å². The van der Waals surface area contributed by atoms with E-state index in [9.17, 15) is 0 Å². The van der Waals surface area contributed by atoms with Crippen molar-refractivity contribution in [1.29, 1.82) is 0 Å². The molecule has 0 spiro atoms. The number of aromatic nitrogens is 1. The van der Waals surface area contributed by atoms with Gasteiger partial charge in [-0.1, -0.05) is 17.8 Å². The van der Waals surface area contributed by atoms with Gasteiger partial charge in [-0.3, -0.25) is 15.4 Å². The van der Waals surface area contributed by atoms with E-state index >= 15 is 0 Å². The maximum atomic E-state index is 4.40. The third kappa shape index (κ3) is 2.82. The number of pyridine rings is 1. The number of hydrogen-bond donors (Lipinski definition) is 1. The number of nitrogens with one attached hydrogen (secondary N) is 1. The van der Waals surface area contributed by atoms with Crippen LogP contribution in [0.5, 0.6) is 0 Å². The van der Waals surface area contributed by atoms with E-state index in [0.717, 1.165) is 22.3 Å². The quantitative estimate of drug-likeness (QED) is 0.628. The SMILES string of the molecule is C/C(=N/NC1=NC(C)CS1)c1ccccn1. The molecule has 5 heteroatoms. The first-order valence-corrected chi connectivity index (χ1v) is 6.16. The van der Waals surface area contributed by atoms with Crippen molar-refractivity contribution in [3.63, 3.8) is 0 Å². The van der Waals surface area contributed by atoms with Crippen LogP contribution < -0.4 is 5.43 Å². The molecule has 1 aromatic heterocycles. The van der Waals surface area contributed by atoms with Crippen LogP contribution >= 0.6 is 11.8 Å². The molecule has 4 nitrogen and oxygen atoms in total. The van der Waals surface area contributed by atoms with E-state index < -0.39 is 0 Å². The van der Waals surface area contributed by atoms with Gasteiger partial charge >= 0.3 is 0 Å². The summed E-state index contributed by atoms with van der Waals surface area (Å²) < 4.78 is 0. The van der Waals surface area contributed by atoms with Crippen LogP contribution in [0.3, 0.4) is 0 Å². The zero-order valence-corrected chi connectivity index (χ0v) is 10.2. The molecular formula is C11H14N4S. The van der Waals surface area contributed by atoms with Crippen molar-refractivity contribution >= 4 is 22.6 Å². The van der Waals surface area contributed by atoms with E-state index in [4.69, 9.17) is 0 Å². The van der Waals surface area contributed by atoms with Gasteiger partial charge in [0.15, 0.2) is 5.17 Å². The van der Waals surface area contributed by atoms with Gasteiger partial charge < -0.3 is 0 Å². The average Bonchev–Trinajstić information content (AvgIpc) is 2.73. The molecule has 0 bridgehead atoms. The lowest BCUT2D eigenvalue weighted by Crippen LogP contribution is -2.14. The third-order valence-electron chi connectivity index (χ3n) is 2.15. The van der Waals surface area contributed by atoms with Crippen molar-refractivity contribution in [2.75, 3.05) is 5.75 Å². The molecule has 1 aliphatic rings. The van der Waals surface area contributed by atoms with E-state index in [1.165, 1.54) is 0 Å². The van der Waals surface area contributed by atoms with Crippen LogP contribution in [0.2, 0.25) is 0 Å². The Morgan fingerprint density at radius 2 is 2.44 bits per heavy atom. The molecular weight excluding hydrogens is 220 g/mol. The lowest BCUT2D eigenvalue weighted by molar-refractivity contribution is 0.854. The van der Waals surface area contributed by atoms with Gasteiger partial charge in [0.2, 0.25) is 0 Å². The fourth-order valence-corrected chi connectivity index (χ4v) is 2.14. The first-order valence-electron chi connectivity index (χ1n) is 5.18. The minimum absolute atomic E-state index is 0.387. The van der Waals surface area contributed by atoms with Crippen molar-refractivity contribution in [2.24, 2.45) is 10.1 Å². The summed E-state index contributed by atoms with van der Waals surface area (Å²) in [4.78, 5) is 8.62. The number of thioether (sulfide) groups is 1. The third-order valence-corrected chi connectivity index (χ3v) is 3.27. The highest BCUT2D eigenvalue weighted by Gasteiger charge is 2.12. The summed E-state index contributed by atoms with van der Waals surface area (Å²) >= 11 is 1.70. The number of amidine groups is 1. The van der Waals surface area contributed by atoms with Crippen LogP contribution in [0.15, 0.2) is 34.5 Å². The predicted molar refractivity (Wildman–Crippen MR) is 68.9 cm³/mol. The Labute approximate surface area is 99.3 Å². The molecule has 0 aliphatic carbocycles. The zero-order chi connectivity index (χ0) is 11.4. The van der Waals surface area contributed by atoms with Gasteiger partial charge in [0.25, 0.3) is 0 Å². The Morgan fingerprint density at radius 3 is 3.06 bits per heavy atom. The molecule has 1 unspecified atom stereocenters. The number of aliphatic imine (C=N–C) groups is 1. The molecule has 2 rings (SSSR count). The fourth-order valence-electron chi connectivity index (χ4n) is 1.30. The van der Waals surface area contributed by atoms with Crippen LogP contribution in [0.4, 0.5) is 0 Å². The fraction of sp³-hybridized carbons (Fsp3) is 0.364. The number of rotatable bonds is 2. The first-order chi connectivity index (χ1) is 7.75. The molecule has 2 heterocycles. The summed E-state index contributed by atoms with van der Waals surface area (Å²) in [5, 5.41) is 5.15. The minimum atomic E-state index is 0.387. The molecule has 0 aromatic carbocycles. The van der Waals surface area contributed by atoms with Crippen molar-refractivity contribution in [2.45, 2.75) is 19.9 Å². The molecule has 0 amide bonds. The molecule has 0 saturated heterocycles. The highest BCUT2D eigenvalue weighted by molar-refractivity contribution is 8.14. The van der Waals surface area contributed by atoms with Crippen molar-refractivity contribution in [3.05, 3.63) is 30.1 Å². The average molecular weight is 234 g/mol. The zero-order valence-electron chi connectivity index (χ0n) is 9.34. The maximum Gasteiger partial charge on any atom is 0.177 e. The lowest BCUT2D eigenvalue weighted by Gasteiger charge is -2.01. The van der Waals surface area contributed by atoms with Gasteiger partial charge in [0.1, 0.15) is 0 Å². The highest BCUT2D eigenvalue weighted by Crippen LogP contribution is 2.15. The Kier molecular flexibility index (Phi) is 3.56. The van der Waals surface area contributed by atoms with Crippen LogP contribution in [0.25, 0.3) is 0 Å². The van der Waals surface area contributed by atoms with Crippen LogP contribution in [-0.2, 0) is 0 Å². The van der Waals surface area contributed by atoms with Gasteiger partial charge in [-0.05, 0) is 26.0 Å². The second-order valence-electron chi connectivity index (χ2n) is 3.62. The molecule has 16 heavy (non-hydrogen) atoms. The molecule has 1 aliphatic heterocycles. The monoisotopic (exact) mass is 234 g/mol. The Bertz CT molecular complexity index is 413. The summed E-state index contributed by atoms with van der Waals surface area (Å²) in [6.45, 7) is 4.02. The van der Waals surface area contributed by atoms with E-state index in [1.807, 2.05) is 25.1 Å². The van der Waals surface area contributed by atoms with Crippen molar-refractivity contribution < 1.29 is 0 Å². The van der Waals surface area contributed by atoms with E-state index in [1.54, 1.807) is 18.0 Å². The summed E-state index contributed by atoms with van der Waals surface area (Å²) in [6, 6.07) is 6.17. The molecule has 84 valence electrons. The number of hydrogen-bond acceptors (Lipinski definition) is 5. The molecule has 1 atom stereocenters. The summed E-state index contributed by atoms with van der Waals surface area (Å²) in [7, 11) is 0. The molecule has 0 radical (unpaired) electrons. The van der Waals surface area contributed by atoms with Gasteiger partial charge in [0.05, 0.1) is 17.4 Å². The first kappa shape index (κ1) is 11.1. The summed E-state index contributed by atoms with van der Waals surface area (Å²) in [6.07, 6.45) is 1.76. The molecule has 0 fully saturated rings. The standard InChI is InChI=1S/C11H14N4S/c1-8-7-16-11(13-8)15-14-9(2)10-5-3-4-6-12-10/h3-6,8H,7H2,1-2H3,(H,13,15)/b14-9-. The second kappa shape index (κ2) is 5.12. The van der Waals surface area contributed by atoms with E-state index in [-0.39, 0.29) is 0 Å². The normalized spacial score (nSPS) is 20.8. The van der Waals surface area contributed by atoms with Crippen LogP contribution in [-0.4, -0.2) is 27.7 Å². The number of hydrazone groups is 1. The Balaban J connectivity index is 2.00. The molecule has 1 N–H and O–H groups in total. The van der Waals surface area contributed by atoms with Gasteiger partial charge in [-0.15, -0.1) is 0 Å². The molecule has 0 saturated carbocycles. The van der Waals surface area contributed by atoms with Crippen LogP contribution in [0, 0.1) is 0 Å². The molecule has 1 aromatic rings. The van der Waals surface area contributed by atoms with Gasteiger partial charge in [-0.25, -0.2) is 0 Å². The largest absolute Gasteiger partial charge is 0.257 e. The summed E-state index contributed by atoms with van der Waals surface area (Å²) in [5.74, 6) is 1.03.